The third-order valence-electron chi connectivity index (χ3n) is 4.75. The molecule has 0 aliphatic carbocycles. The molecular weight excluding hydrogens is 430 g/mol. The molecule has 180 valence electrons. The van der Waals surface area contributed by atoms with E-state index in [9.17, 15) is 39.0 Å². The maximum absolute atomic E-state index is 12.6. The van der Waals surface area contributed by atoms with Crippen molar-refractivity contribution >= 4 is 35.6 Å². The zero-order valence-corrected chi connectivity index (χ0v) is 17.5. The predicted octanol–water partition coefficient (Wildman–Crippen LogP) is -3.60. The van der Waals surface area contributed by atoms with Crippen molar-refractivity contribution in [3.63, 3.8) is 0 Å². The van der Waals surface area contributed by atoms with Crippen molar-refractivity contribution in [2.24, 2.45) is 5.73 Å². The van der Waals surface area contributed by atoms with Crippen LogP contribution < -0.4 is 27.0 Å². The summed E-state index contributed by atoms with van der Waals surface area (Å²) in [5, 5.41) is 37.6. The van der Waals surface area contributed by atoms with Gasteiger partial charge in [-0.1, -0.05) is 0 Å². The second kappa shape index (κ2) is 12.6. The predicted molar refractivity (Wildman–Crippen MR) is 107 cm³/mol. The Hall–Kier alpha value is -3.26. The number of carbonyl (C=O) groups excluding carboxylic acids is 4. The van der Waals surface area contributed by atoms with Gasteiger partial charge >= 0.3 is 11.9 Å². The molecule has 1 aliphatic rings. The maximum Gasteiger partial charge on any atom is 0.326 e. The van der Waals surface area contributed by atoms with Gasteiger partial charge in [-0.3, -0.25) is 24.0 Å². The topological polar surface area (TPSA) is 237 Å². The number of nitrogens with two attached hydrogens (primary N) is 1. The Kier molecular flexibility index (Phi) is 10.5. The van der Waals surface area contributed by atoms with Crippen molar-refractivity contribution in [2.45, 2.75) is 69.3 Å². The average Bonchev–Trinajstić information content (AvgIpc) is 3.22. The van der Waals surface area contributed by atoms with Crippen molar-refractivity contribution in [2.75, 3.05) is 6.54 Å². The minimum atomic E-state index is -1.71. The third kappa shape index (κ3) is 8.85. The van der Waals surface area contributed by atoms with Gasteiger partial charge in [0, 0.05) is 6.42 Å². The molecule has 1 saturated heterocycles. The van der Waals surface area contributed by atoms with E-state index < -0.39 is 72.3 Å². The Bertz CT molecular complexity index is 736. The molecule has 32 heavy (non-hydrogen) atoms. The number of primary amides is 1. The van der Waals surface area contributed by atoms with Gasteiger partial charge in [0.1, 0.15) is 18.1 Å². The quantitative estimate of drug-likeness (QED) is 0.135. The van der Waals surface area contributed by atoms with Crippen molar-refractivity contribution in [1.82, 2.24) is 21.3 Å². The molecular formula is C18H29N5O9. The number of hydrogen-bond acceptors (Lipinski definition) is 8. The molecule has 5 unspecified atom stereocenters. The first-order valence-electron chi connectivity index (χ1n) is 9.97. The molecule has 0 aromatic rings. The zero-order chi connectivity index (χ0) is 24.4. The molecule has 5 atom stereocenters. The lowest BCUT2D eigenvalue weighted by Crippen LogP contribution is -2.60. The molecule has 1 fully saturated rings. The first-order valence-corrected chi connectivity index (χ1v) is 9.97. The first kappa shape index (κ1) is 26.8. The minimum Gasteiger partial charge on any atom is -0.481 e. The largest absolute Gasteiger partial charge is 0.481 e. The minimum absolute atomic E-state index is 0.342. The summed E-state index contributed by atoms with van der Waals surface area (Å²) >= 11 is 0. The van der Waals surface area contributed by atoms with E-state index in [0.29, 0.717) is 13.0 Å². The molecule has 1 rings (SSSR count). The molecule has 0 bridgehead atoms. The highest BCUT2D eigenvalue weighted by atomic mass is 16.4. The summed E-state index contributed by atoms with van der Waals surface area (Å²) in [7, 11) is 0. The summed E-state index contributed by atoms with van der Waals surface area (Å²) in [5.41, 5.74) is 4.97. The van der Waals surface area contributed by atoms with Crippen LogP contribution in [0.2, 0.25) is 0 Å². The van der Waals surface area contributed by atoms with Crippen LogP contribution in [-0.4, -0.2) is 87.7 Å². The van der Waals surface area contributed by atoms with Crippen LogP contribution in [0.1, 0.15) is 39.0 Å². The van der Waals surface area contributed by atoms with Gasteiger partial charge in [-0.15, -0.1) is 0 Å². The van der Waals surface area contributed by atoms with E-state index in [-0.39, 0.29) is 12.8 Å². The van der Waals surface area contributed by atoms with Crippen LogP contribution in [0.3, 0.4) is 0 Å². The Morgan fingerprint density at radius 2 is 1.66 bits per heavy atom. The number of carbonyl (C=O) groups is 6. The maximum atomic E-state index is 12.6. The molecule has 14 heteroatoms. The Labute approximate surface area is 183 Å². The van der Waals surface area contributed by atoms with Gasteiger partial charge in [0.2, 0.25) is 23.6 Å². The van der Waals surface area contributed by atoms with E-state index >= 15 is 0 Å². The molecule has 1 heterocycles. The van der Waals surface area contributed by atoms with Gasteiger partial charge in [0.05, 0.1) is 18.6 Å². The Morgan fingerprint density at radius 1 is 1.03 bits per heavy atom. The molecule has 0 spiro atoms. The van der Waals surface area contributed by atoms with E-state index in [1.165, 1.54) is 6.92 Å². The lowest BCUT2D eigenvalue weighted by atomic mass is 10.1. The first-order chi connectivity index (χ1) is 14.9. The highest BCUT2D eigenvalue weighted by Gasteiger charge is 2.34. The molecule has 4 amide bonds. The standard InChI is InChI=1S/C18H29N5O9/c1-8(24)14(23-15(28)9-3-2-6-20-9)17(30)22-11(7-13(26)27)16(29)21-10(18(31)32)4-5-12(19)25/h8-11,14,20,24H,2-7H2,1H3,(H2,19,25)(H,21,29)(H,22,30)(H,23,28)(H,26,27)(H,31,32). The summed E-state index contributed by atoms with van der Waals surface area (Å²) < 4.78 is 0. The Morgan fingerprint density at radius 3 is 2.12 bits per heavy atom. The van der Waals surface area contributed by atoms with Crippen LogP contribution in [-0.2, 0) is 28.8 Å². The fraction of sp³-hybridized carbons (Fsp3) is 0.667. The summed E-state index contributed by atoms with van der Waals surface area (Å²) in [5.74, 6) is -6.46. The number of rotatable bonds is 13. The summed E-state index contributed by atoms with van der Waals surface area (Å²) in [6.07, 6.45) is -1.68. The zero-order valence-electron chi connectivity index (χ0n) is 17.5. The van der Waals surface area contributed by atoms with Crippen LogP contribution in [0, 0.1) is 0 Å². The van der Waals surface area contributed by atoms with Gasteiger partial charge in [-0.25, -0.2) is 4.79 Å². The average molecular weight is 459 g/mol. The summed E-state index contributed by atoms with van der Waals surface area (Å²) in [6, 6.07) is -5.30. The van der Waals surface area contributed by atoms with Crippen molar-refractivity contribution in [3.8, 4) is 0 Å². The van der Waals surface area contributed by atoms with Crippen molar-refractivity contribution in [1.29, 1.82) is 0 Å². The van der Waals surface area contributed by atoms with Crippen LogP contribution in [0.4, 0.5) is 0 Å². The number of carboxylic acid groups (broad SMARTS) is 2. The van der Waals surface area contributed by atoms with Gasteiger partial charge < -0.3 is 42.3 Å². The van der Waals surface area contributed by atoms with Gasteiger partial charge in [0.15, 0.2) is 0 Å². The fourth-order valence-electron chi connectivity index (χ4n) is 3.03. The van der Waals surface area contributed by atoms with E-state index in [0.717, 1.165) is 6.42 Å². The molecule has 0 radical (unpaired) electrons. The van der Waals surface area contributed by atoms with Gasteiger partial charge in [-0.05, 0) is 32.7 Å². The number of amides is 4. The molecule has 0 saturated carbocycles. The van der Waals surface area contributed by atoms with E-state index in [4.69, 9.17) is 10.8 Å². The molecule has 0 aromatic heterocycles. The van der Waals surface area contributed by atoms with Crippen LogP contribution in [0.15, 0.2) is 0 Å². The lowest BCUT2D eigenvalue weighted by Gasteiger charge is -2.26. The van der Waals surface area contributed by atoms with E-state index in [2.05, 4.69) is 21.3 Å². The van der Waals surface area contributed by atoms with Crippen molar-refractivity contribution < 1.29 is 44.1 Å². The van der Waals surface area contributed by atoms with Crippen LogP contribution in [0.25, 0.3) is 0 Å². The number of aliphatic carboxylic acids is 2. The van der Waals surface area contributed by atoms with E-state index in [1.807, 2.05) is 0 Å². The molecule has 9 N–H and O–H groups in total. The monoisotopic (exact) mass is 459 g/mol. The lowest BCUT2D eigenvalue weighted by molar-refractivity contribution is -0.144. The number of hydrogen-bond donors (Lipinski definition) is 8. The van der Waals surface area contributed by atoms with Gasteiger partial charge in [0.25, 0.3) is 0 Å². The number of aliphatic hydroxyl groups is 1. The fourth-order valence-corrected chi connectivity index (χ4v) is 3.03. The number of nitrogens with one attached hydrogen (secondary N) is 4. The van der Waals surface area contributed by atoms with E-state index in [1.54, 1.807) is 0 Å². The molecule has 14 nitrogen and oxygen atoms in total. The van der Waals surface area contributed by atoms with Gasteiger partial charge in [-0.2, -0.15) is 0 Å². The summed E-state index contributed by atoms with van der Waals surface area (Å²) in [4.78, 5) is 70.7. The van der Waals surface area contributed by atoms with Crippen LogP contribution >= 0.6 is 0 Å². The normalized spacial score (nSPS) is 19.1. The second-order valence-corrected chi connectivity index (χ2v) is 7.44. The second-order valence-electron chi connectivity index (χ2n) is 7.44. The number of aliphatic hydroxyl groups excluding tert-OH is 1. The molecule has 0 aromatic carbocycles. The molecule has 1 aliphatic heterocycles. The van der Waals surface area contributed by atoms with Crippen molar-refractivity contribution in [3.05, 3.63) is 0 Å². The summed E-state index contributed by atoms with van der Waals surface area (Å²) in [6.45, 7) is 1.84. The highest BCUT2D eigenvalue weighted by Crippen LogP contribution is 2.07. The Balaban J connectivity index is 2.89. The number of carboxylic acids is 2. The SMILES string of the molecule is CC(O)C(NC(=O)C1CCCN1)C(=O)NC(CC(=O)O)C(=O)NC(CCC(N)=O)C(=O)O. The van der Waals surface area contributed by atoms with Crippen LogP contribution in [0.5, 0.6) is 0 Å². The smallest absolute Gasteiger partial charge is 0.326 e. The highest BCUT2D eigenvalue weighted by molar-refractivity contribution is 5.96. The third-order valence-corrected chi connectivity index (χ3v) is 4.75.